The average Bonchev–Trinajstić information content (AvgIpc) is 3.45. The fourth-order valence-corrected chi connectivity index (χ4v) is 6.33. The third-order valence-electron chi connectivity index (χ3n) is 8.70. The zero-order valence-corrected chi connectivity index (χ0v) is 23.0. The maximum atomic E-state index is 14.0. The number of allylic oxidation sites excluding steroid dienone is 1. The molecule has 39 heavy (non-hydrogen) atoms. The highest BCUT2D eigenvalue weighted by Crippen LogP contribution is 2.59. The minimum Gasteiger partial charge on any atom is -0.456 e. The molecule has 7 heteroatoms. The monoisotopic (exact) mass is 530 g/mol. The van der Waals surface area contributed by atoms with Crippen molar-refractivity contribution in [3.05, 3.63) is 70.9 Å². The Morgan fingerprint density at radius 1 is 1.10 bits per heavy atom. The molecule has 2 N–H and O–H groups in total. The molecular formula is C32H38N2O5. The van der Waals surface area contributed by atoms with Gasteiger partial charge in [0, 0.05) is 23.7 Å². The van der Waals surface area contributed by atoms with Crippen LogP contribution in [0.25, 0.3) is 0 Å². The number of epoxide rings is 1. The first-order chi connectivity index (χ1) is 18.8. The Labute approximate surface area is 230 Å². The Balaban J connectivity index is 1.41. The molecule has 3 aliphatic rings. The maximum absolute atomic E-state index is 14.0. The van der Waals surface area contributed by atoms with E-state index < -0.39 is 28.6 Å². The number of aryl methyl sites for hydroxylation is 1. The van der Waals surface area contributed by atoms with Gasteiger partial charge in [-0.15, -0.1) is 0 Å². The van der Waals surface area contributed by atoms with Crippen molar-refractivity contribution in [1.82, 2.24) is 4.98 Å². The lowest BCUT2D eigenvalue weighted by molar-refractivity contribution is -0.164. The van der Waals surface area contributed by atoms with E-state index in [1.807, 2.05) is 25.1 Å². The molecule has 1 aliphatic heterocycles. The number of hydrogen-bond donors (Lipinski definition) is 1. The molecule has 0 bridgehead atoms. The number of carbonyl (C=O) groups excluding carboxylic acids is 3. The standard InChI is InChI=1S/C32H38N2O5/c1-3-4-7-16-30(17-8-9-18-30)38-29(37)32-28(36)25-11-6-5-10-24(25)27(35)31(32,39-32)19-14-22(2)12-13-23-15-20-34-26(33)21-23/h5-6,10-11,14-15,20-21H,3-4,7-9,12-13,16-19H2,1-2H3,(H2,33,34). The minimum absolute atomic E-state index is 0.133. The summed E-state index contributed by atoms with van der Waals surface area (Å²) in [6.45, 7) is 4.12. The molecule has 5 rings (SSSR count). The summed E-state index contributed by atoms with van der Waals surface area (Å²) in [6, 6.07) is 10.4. The lowest BCUT2D eigenvalue weighted by Crippen LogP contribution is -2.52. The fourth-order valence-electron chi connectivity index (χ4n) is 6.33. The number of hydrogen-bond acceptors (Lipinski definition) is 7. The molecule has 2 fully saturated rings. The molecule has 0 radical (unpaired) electrons. The molecule has 0 spiro atoms. The zero-order chi connectivity index (χ0) is 27.7. The van der Waals surface area contributed by atoms with Gasteiger partial charge in [-0.05, 0) is 76.0 Å². The van der Waals surface area contributed by atoms with Crippen molar-refractivity contribution in [2.45, 2.75) is 101 Å². The number of nitrogens with two attached hydrogens (primary N) is 1. The van der Waals surface area contributed by atoms with E-state index in [2.05, 4.69) is 11.9 Å². The van der Waals surface area contributed by atoms with Crippen molar-refractivity contribution in [3.8, 4) is 0 Å². The average molecular weight is 531 g/mol. The molecule has 1 saturated carbocycles. The first kappa shape index (κ1) is 27.3. The summed E-state index contributed by atoms with van der Waals surface area (Å²) in [7, 11) is 0. The zero-order valence-electron chi connectivity index (χ0n) is 23.0. The van der Waals surface area contributed by atoms with Crippen LogP contribution in [-0.4, -0.2) is 39.3 Å². The smallest absolute Gasteiger partial charge is 0.350 e. The quantitative estimate of drug-likeness (QED) is 0.125. The van der Waals surface area contributed by atoms with E-state index in [4.69, 9.17) is 15.2 Å². The second kappa shape index (κ2) is 10.7. The number of anilines is 1. The molecule has 2 atom stereocenters. The van der Waals surface area contributed by atoms with Gasteiger partial charge < -0.3 is 15.2 Å². The Kier molecular flexibility index (Phi) is 7.47. The van der Waals surface area contributed by atoms with Gasteiger partial charge in [0.05, 0.1) is 0 Å². The van der Waals surface area contributed by atoms with E-state index in [-0.39, 0.29) is 17.8 Å². The van der Waals surface area contributed by atoms with Crippen molar-refractivity contribution in [2.24, 2.45) is 0 Å². The first-order valence-electron chi connectivity index (χ1n) is 14.3. The van der Waals surface area contributed by atoms with Crippen LogP contribution in [-0.2, 0) is 20.7 Å². The van der Waals surface area contributed by atoms with Crippen LogP contribution in [0.15, 0.2) is 54.2 Å². The van der Waals surface area contributed by atoms with E-state index in [0.29, 0.717) is 11.4 Å². The molecule has 2 aromatic rings. The highest BCUT2D eigenvalue weighted by atomic mass is 16.7. The van der Waals surface area contributed by atoms with Gasteiger partial charge in [0.1, 0.15) is 11.4 Å². The van der Waals surface area contributed by atoms with Gasteiger partial charge in [0.2, 0.25) is 5.78 Å². The summed E-state index contributed by atoms with van der Waals surface area (Å²) in [4.78, 5) is 45.7. The van der Waals surface area contributed by atoms with Crippen LogP contribution in [0.2, 0.25) is 0 Å². The van der Waals surface area contributed by atoms with Crippen LogP contribution in [0, 0.1) is 0 Å². The number of nitrogen functional groups attached to an aromatic ring is 1. The Morgan fingerprint density at radius 3 is 2.51 bits per heavy atom. The van der Waals surface area contributed by atoms with E-state index >= 15 is 0 Å². The molecule has 206 valence electrons. The van der Waals surface area contributed by atoms with Crippen LogP contribution < -0.4 is 5.73 Å². The predicted octanol–water partition coefficient (Wildman–Crippen LogP) is 5.96. The van der Waals surface area contributed by atoms with Gasteiger partial charge in [-0.3, -0.25) is 9.59 Å². The lowest BCUT2D eigenvalue weighted by atomic mass is 9.72. The van der Waals surface area contributed by atoms with Crippen LogP contribution in [0.4, 0.5) is 5.82 Å². The number of carbonyl (C=O) groups is 3. The molecule has 0 amide bonds. The summed E-state index contributed by atoms with van der Waals surface area (Å²) < 4.78 is 12.3. The van der Waals surface area contributed by atoms with E-state index in [0.717, 1.165) is 75.3 Å². The normalized spacial score (nSPS) is 25.2. The van der Waals surface area contributed by atoms with Crippen molar-refractivity contribution in [1.29, 1.82) is 0 Å². The van der Waals surface area contributed by atoms with Gasteiger partial charge in [-0.1, -0.05) is 55.7 Å². The topological polar surface area (TPSA) is 112 Å². The number of nitrogens with zero attached hydrogens (tertiary/aromatic N) is 1. The third-order valence-corrected chi connectivity index (χ3v) is 8.70. The summed E-state index contributed by atoms with van der Waals surface area (Å²) in [5.74, 6) is -1.02. The molecule has 2 heterocycles. The molecule has 1 saturated heterocycles. The van der Waals surface area contributed by atoms with Gasteiger partial charge in [-0.2, -0.15) is 0 Å². The Morgan fingerprint density at radius 2 is 1.82 bits per heavy atom. The van der Waals surface area contributed by atoms with E-state index in [9.17, 15) is 14.4 Å². The molecular weight excluding hydrogens is 492 g/mol. The number of benzene rings is 1. The molecule has 1 aromatic heterocycles. The first-order valence-corrected chi connectivity index (χ1v) is 14.3. The number of fused-ring (bicyclic) bond motifs is 2. The minimum atomic E-state index is -1.92. The van der Waals surface area contributed by atoms with E-state index in [1.165, 1.54) is 0 Å². The number of Topliss-reactive ketones (excluding diaryl/α,β-unsaturated/α-hetero) is 2. The number of unbranched alkanes of at least 4 members (excludes halogenated alkanes) is 2. The number of ketones is 2. The van der Waals surface area contributed by atoms with Gasteiger partial charge in [-0.25, -0.2) is 9.78 Å². The predicted molar refractivity (Wildman–Crippen MR) is 148 cm³/mol. The van der Waals surface area contributed by atoms with Crippen molar-refractivity contribution >= 4 is 23.4 Å². The van der Waals surface area contributed by atoms with Crippen LogP contribution in [0.5, 0.6) is 0 Å². The summed E-state index contributed by atoms with van der Waals surface area (Å²) in [5, 5.41) is 0. The maximum Gasteiger partial charge on any atom is 0.350 e. The van der Waals surface area contributed by atoms with Gasteiger partial charge >= 0.3 is 5.97 Å². The number of ether oxygens (including phenoxy) is 2. The molecule has 2 unspecified atom stereocenters. The number of rotatable bonds is 11. The summed E-state index contributed by atoms with van der Waals surface area (Å²) in [6.07, 6.45) is 12.6. The van der Waals surface area contributed by atoms with Gasteiger partial charge in [0.25, 0.3) is 5.60 Å². The second-order valence-electron chi connectivity index (χ2n) is 11.4. The SMILES string of the molecule is CCCCCC1(OC(=O)C23OC2(CC=C(C)CCc2ccnc(N)c2)C(=O)c2ccccc2C3=O)CCCC1. The highest BCUT2D eigenvalue weighted by Gasteiger charge is 2.85. The van der Waals surface area contributed by atoms with Crippen LogP contribution >= 0.6 is 0 Å². The second-order valence-corrected chi connectivity index (χ2v) is 11.4. The largest absolute Gasteiger partial charge is 0.456 e. The number of esters is 1. The van der Waals surface area contributed by atoms with E-state index in [1.54, 1.807) is 30.5 Å². The molecule has 7 nitrogen and oxygen atoms in total. The van der Waals surface area contributed by atoms with Gasteiger partial charge in [0.15, 0.2) is 11.4 Å². The highest BCUT2D eigenvalue weighted by molar-refractivity contribution is 6.32. The third kappa shape index (κ3) is 4.82. The summed E-state index contributed by atoms with van der Waals surface area (Å²) >= 11 is 0. The molecule has 2 aliphatic carbocycles. The van der Waals surface area contributed by atoms with Crippen molar-refractivity contribution in [2.75, 3.05) is 5.73 Å². The Hall–Kier alpha value is -3.32. The Bertz CT molecular complexity index is 1310. The van der Waals surface area contributed by atoms with Crippen LogP contribution in [0.3, 0.4) is 0 Å². The lowest BCUT2D eigenvalue weighted by Gasteiger charge is -2.32. The fraction of sp³-hybridized carbons (Fsp3) is 0.500. The number of aromatic nitrogens is 1. The molecule has 1 aromatic carbocycles. The summed E-state index contributed by atoms with van der Waals surface area (Å²) in [5.41, 5.74) is 4.36. The van der Waals surface area contributed by atoms with Crippen molar-refractivity contribution < 1.29 is 23.9 Å². The number of pyridine rings is 1. The van der Waals surface area contributed by atoms with Crippen molar-refractivity contribution in [3.63, 3.8) is 0 Å². The van der Waals surface area contributed by atoms with Crippen LogP contribution in [0.1, 0.15) is 104 Å².